The number of nitrogens with two attached hydrogens (primary N) is 1. The van der Waals surface area contributed by atoms with Crippen LogP contribution in [-0.4, -0.2) is 29.5 Å². The van der Waals surface area contributed by atoms with Crippen LogP contribution in [0.2, 0.25) is 0 Å². The van der Waals surface area contributed by atoms with Crippen LogP contribution in [0.25, 0.3) is 0 Å². The molecule has 3 nitrogen and oxygen atoms in total. The first-order valence-corrected chi connectivity index (χ1v) is 7.04. The Labute approximate surface area is 112 Å². The van der Waals surface area contributed by atoms with Crippen molar-refractivity contribution in [1.82, 2.24) is 9.88 Å². The van der Waals surface area contributed by atoms with Crippen LogP contribution in [0.5, 0.6) is 0 Å². The lowest BCUT2D eigenvalue weighted by molar-refractivity contribution is 0.133. The maximum atomic E-state index is 5.95. The number of rotatable bonds is 3. The van der Waals surface area contributed by atoms with E-state index in [0.29, 0.717) is 12.6 Å². The minimum absolute atomic E-state index is 0.308. The molecule has 0 unspecified atom stereocenters. The largest absolute Gasteiger partial charge is 0.329 e. The Bertz CT molecular complexity index is 369. The molecule has 1 aromatic rings. The van der Waals surface area contributed by atoms with Crippen LogP contribution in [0, 0.1) is 5.92 Å². The molecule has 1 fully saturated rings. The molecule has 2 atom stereocenters. The summed E-state index contributed by atoms with van der Waals surface area (Å²) in [7, 11) is 0. The van der Waals surface area contributed by atoms with Gasteiger partial charge < -0.3 is 5.73 Å². The Morgan fingerprint density at radius 3 is 3.06 bits per heavy atom. The number of aromatic nitrogens is 1. The van der Waals surface area contributed by atoms with Crippen molar-refractivity contribution in [3.63, 3.8) is 0 Å². The summed E-state index contributed by atoms with van der Waals surface area (Å²) >= 11 is 3.47. The first-order chi connectivity index (χ1) is 8.20. The third kappa shape index (κ3) is 3.27. The van der Waals surface area contributed by atoms with Gasteiger partial charge in [0.2, 0.25) is 0 Å². The quantitative estimate of drug-likeness (QED) is 0.932. The van der Waals surface area contributed by atoms with Gasteiger partial charge in [-0.05, 0) is 52.9 Å². The second-order valence-corrected chi connectivity index (χ2v) is 5.85. The van der Waals surface area contributed by atoms with Gasteiger partial charge >= 0.3 is 0 Å². The average Bonchev–Trinajstić information content (AvgIpc) is 2.30. The number of piperidine rings is 1. The monoisotopic (exact) mass is 297 g/mol. The van der Waals surface area contributed by atoms with Crippen LogP contribution >= 0.6 is 15.9 Å². The number of likely N-dealkylation sites (tertiary alicyclic amines) is 1. The van der Waals surface area contributed by atoms with Gasteiger partial charge in [0.25, 0.3) is 0 Å². The molecule has 4 heteroatoms. The minimum Gasteiger partial charge on any atom is -0.329 e. The smallest absolute Gasteiger partial charge is 0.0486 e. The average molecular weight is 298 g/mol. The summed E-state index contributed by atoms with van der Waals surface area (Å²) in [5.41, 5.74) is 7.16. The van der Waals surface area contributed by atoms with Crippen molar-refractivity contribution in [3.8, 4) is 0 Å². The summed E-state index contributed by atoms with van der Waals surface area (Å²) in [5.74, 6) is 0.776. The van der Waals surface area contributed by atoms with E-state index in [1.807, 2.05) is 12.4 Å². The molecular formula is C13H20BrN3. The Kier molecular flexibility index (Phi) is 4.54. The first-order valence-electron chi connectivity index (χ1n) is 6.25. The summed E-state index contributed by atoms with van der Waals surface area (Å²) in [6, 6.07) is 2.44. The molecular weight excluding hydrogens is 278 g/mol. The van der Waals surface area contributed by atoms with Gasteiger partial charge in [-0.15, -0.1) is 0 Å². The lowest BCUT2D eigenvalue weighted by atomic mass is 9.97. The van der Waals surface area contributed by atoms with Crippen LogP contribution < -0.4 is 5.73 Å². The zero-order chi connectivity index (χ0) is 12.3. The van der Waals surface area contributed by atoms with Gasteiger partial charge in [0.15, 0.2) is 0 Å². The van der Waals surface area contributed by atoms with E-state index in [2.05, 4.69) is 38.8 Å². The molecule has 0 radical (unpaired) electrons. The molecule has 0 spiro atoms. The predicted molar refractivity (Wildman–Crippen MR) is 73.7 cm³/mol. The lowest BCUT2D eigenvalue weighted by Gasteiger charge is -2.36. The van der Waals surface area contributed by atoms with Crippen molar-refractivity contribution < 1.29 is 0 Å². The van der Waals surface area contributed by atoms with Gasteiger partial charge in [-0.1, -0.05) is 6.92 Å². The summed E-state index contributed by atoms with van der Waals surface area (Å²) in [4.78, 5) is 6.74. The van der Waals surface area contributed by atoms with Crippen LogP contribution in [0.1, 0.15) is 31.4 Å². The molecule has 1 aliphatic rings. The highest BCUT2D eigenvalue weighted by molar-refractivity contribution is 9.10. The topological polar surface area (TPSA) is 42.1 Å². The normalized spacial score (nSPS) is 23.6. The molecule has 17 heavy (non-hydrogen) atoms. The summed E-state index contributed by atoms with van der Waals surface area (Å²) < 4.78 is 1.03. The van der Waals surface area contributed by atoms with E-state index < -0.39 is 0 Å². The van der Waals surface area contributed by atoms with Gasteiger partial charge in [-0.2, -0.15) is 0 Å². The number of pyridine rings is 1. The fraction of sp³-hybridized carbons (Fsp3) is 0.615. The lowest BCUT2D eigenvalue weighted by Crippen LogP contribution is -2.40. The molecule has 2 rings (SSSR count). The van der Waals surface area contributed by atoms with Crippen LogP contribution in [0.15, 0.2) is 22.9 Å². The fourth-order valence-electron chi connectivity index (χ4n) is 2.62. The fourth-order valence-corrected chi connectivity index (χ4v) is 3.00. The molecule has 0 bridgehead atoms. The number of hydrogen-bond donors (Lipinski definition) is 1. The number of halogens is 1. The summed E-state index contributed by atoms with van der Waals surface area (Å²) in [6.45, 7) is 5.27. The van der Waals surface area contributed by atoms with Gasteiger partial charge in [-0.3, -0.25) is 9.88 Å². The molecule has 94 valence electrons. The van der Waals surface area contributed by atoms with E-state index >= 15 is 0 Å². The summed E-state index contributed by atoms with van der Waals surface area (Å²) in [6.07, 6.45) is 6.36. The number of nitrogens with zero attached hydrogens (tertiary/aromatic N) is 2. The van der Waals surface area contributed by atoms with Crippen molar-refractivity contribution in [2.75, 3.05) is 19.6 Å². The van der Waals surface area contributed by atoms with Crippen molar-refractivity contribution in [1.29, 1.82) is 0 Å². The van der Waals surface area contributed by atoms with E-state index in [4.69, 9.17) is 5.73 Å². The van der Waals surface area contributed by atoms with Crippen molar-refractivity contribution in [3.05, 3.63) is 28.5 Å². The second kappa shape index (κ2) is 5.94. The molecule has 0 saturated carbocycles. The van der Waals surface area contributed by atoms with Gasteiger partial charge in [-0.25, -0.2) is 0 Å². The molecule has 1 aromatic heterocycles. The SMILES string of the molecule is C[C@H]1CCCN([C@H](CN)c2cncc(Br)c2)C1. The molecule has 2 N–H and O–H groups in total. The first kappa shape index (κ1) is 13.0. The molecule has 1 aliphatic heterocycles. The zero-order valence-electron chi connectivity index (χ0n) is 10.3. The van der Waals surface area contributed by atoms with Gasteiger partial charge in [0.05, 0.1) is 0 Å². The second-order valence-electron chi connectivity index (χ2n) is 4.93. The van der Waals surface area contributed by atoms with E-state index in [-0.39, 0.29) is 0 Å². The zero-order valence-corrected chi connectivity index (χ0v) is 11.9. The van der Waals surface area contributed by atoms with Crippen LogP contribution in [0.3, 0.4) is 0 Å². The highest BCUT2D eigenvalue weighted by Crippen LogP contribution is 2.26. The maximum Gasteiger partial charge on any atom is 0.0486 e. The van der Waals surface area contributed by atoms with Crippen LogP contribution in [-0.2, 0) is 0 Å². The minimum atomic E-state index is 0.308. The highest BCUT2D eigenvalue weighted by Gasteiger charge is 2.24. The van der Waals surface area contributed by atoms with Crippen molar-refractivity contribution in [2.45, 2.75) is 25.8 Å². The number of hydrogen-bond acceptors (Lipinski definition) is 3. The molecule has 1 saturated heterocycles. The van der Waals surface area contributed by atoms with Crippen molar-refractivity contribution >= 4 is 15.9 Å². The summed E-state index contributed by atoms with van der Waals surface area (Å²) in [5, 5.41) is 0. The Morgan fingerprint density at radius 2 is 2.41 bits per heavy atom. The van der Waals surface area contributed by atoms with E-state index in [1.54, 1.807) is 0 Å². The third-order valence-electron chi connectivity index (χ3n) is 3.46. The molecule has 0 amide bonds. The van der Waals surface area contributed by atoms with E-state index in [1.165, 1.54) is 18.4 Å². The third-order valence-corrected chi connectivity index (χ3v) is 3.90. The standard InChI is InChI=1S/C13H20BrN3/c1-10-3-2-4-17(9-10)13(6-15)11-5-12(14)8-16-7-11/h5,7-8,10,13H,2-4,6,9,15H2,1H3/t10-,13+/m0/s1. The maximum absolute atomic E-state index is 5.95. The Morgan fingerprint density at radius 1 is 1.59 bits per heavy atom. The predicted octanol–water partition coefficient (Wildman–Crippen LogP) is 2.58. The van der Waals surface area contributed by atoms with Crippen LogP contribution in [0.4, 0.5) is 0 Å². The van der Waals surface area contributed by atoms with Gasteiger partial charge in [0, 0.05) is 36.0 Å². The highest BCUT2D eigenvalue weighted by atomic mass is 79.9. The Hall–Kier alpha value is -0.450. The van der Waals surface area contributed by atoms with Crippen molar-refractivity contribution in [2.24, 2.45) is 11.7 Å². The van der Waals surface area contributed by atoms with Gasteiger partial charge in [0.1, 0.15) is 0 Å². The molecule has 0 aromatic carbocycles. The molecule has 0 aliphatic carbocycles. The van der Waals surface area contributed by atoms with E-state index in [9.17, 15) is 0 Å². The van der Waals surface area contributed by atoms with E-state index in [0.717, 1.165) is 23.5 Å². The Balaban J connectivity index is 2.15. The molecule has 2 heterocycles.